The summed E-state index contributed by atoms with van der Waals surface area (Å²) in [5.41, 5.74) is 2.29. The number of amides is 1. The lowest BCUT2D eigenvalue weighted by Gasteiger charge is -2.29. The summed E-state index contributed by atoms with van der Waals surface area (Å²) in [6.45, 7) is 2.16. The minimum Gasteiger partial charge on any atom is -0.494 e. The van der Waals surface area contributed by atoms with E-state index in [-0.39, 0.29) is 18.5 Å². The summed E-state index contributed by atoms with van der Waals surface area (Å²) in [6, 6.07) is 3.98. The third kappa shape index (κ3) is 3.22. The van der Waals surface area contributed by atoms with Crippen LogP contribution in [-0.2, 0) is 4.79 Å². The summed E-state index contributed by atoms with van der Waals surface area (Å²) in [4.78, 5) is 11.1. The number of nitrogens with zero attached hydrogens (tertiary/aromatic N) is 1. The number of nitrogens with one attached hydrogen (secondary N) is 1. The number of halogens is 3. The van der Waals surface area contributed by atoms with E-state index in [0.717, 1.165) is 5.01 Å². The van der Waals surface area contributed by atoms with Gasteiger partial charge in [-0.2, -0.15) is 13.2 Å². The van der Waals surface area contributed by atoms with E-state index >= 15 is 0 Å². The van der Waals surface area contributed by atoms with Gasteiger partial charge in [-0.15, -0.1) is 0 Å². The first kappa shape index (κ1) is 14.6. The molecule has 1 unspecified atom stereocenters. The molecule has 1 aliphatic rings. The maximum absolute atomic E-state index is 13.3. The van der Waals surface area contributed by atoms with Crippen LogP contribution >= 0.6 is 0 Å². The van der Waals surface area contributed by atoms with Gasteiger partial charge in [0.2, 0.25) is 5.91 Å². The van der Waals surface area contributed by atoms with Crippen molar-refractivity contribution in [1.29, 1.82) is 0 Å². The highest BCUT2D eigenvalue weighted by molar-refractivity contribution is 5.77. The van der Waals surface area contributed by atoms with Crippen LogP contribution in [0.5, 0.6) is 5.75 Å². The monoisotopic (exact) mass is 288 g/mol. The molecular formula is C13H15F3N2O2. The van der Waals surface area contributed by atoms with Crippen LogP contribution in [0.1, 0.15) is 24.9 Å². The number of hydrogen-bond donors (Lipinski definition) is 1. The summed E-state index contributed by atoms with van der Waals surface area (Å²) in [7, 11) is 0. The van der Waals surface area contributed by atoms with Crippen molar-refractivity contribution in [3.05, 3.63) is 29.8 Å². The van der Waals surface area contributed by atoms with Crippen LogP contribution in [0, 0.1) is 0 Å². The molecule has 1 aliphatic heterocycles. The standard InChI is InChI=1S/C13H15F3N2O2/c1-2-20-10-5-3-4-9(8-10)12(13(14,15)16)18-7-6-11(19)17-18/h3-5,8,12H,2,6-7H2,1H3,(H,17,19). The molecule has 1 fully saturated rings. The van der Waals surface area contributed by atoms with E-state index in [1.807, 2.05) is 0 Å². The highest BCUT2D eigenvalue weighted by atomic mass is 19.4. The quantitative estimate of drug-likeness (QED) is 0.925. The second kappa shape index (κ2) is 5.70. The Balaban J connectivity index is 2.31. The molecule has 2 rings (SSSR count). The molecule has 1 atom stereocenters. The van der Waals surface area contributed by atoms with Gasteiger partial charge < -0.3 is 4.74 Å². The lowest BCUT2D eigenvalue weighted by atomic mass is 10.1. The van der Waals surface area contributed by atoms with Crippen molar-refractivity contribution < 1.29 is 22.7 Å². The van der Waals surface area contributed by atoms with Gasteiger partial charge >= 0.3 is 6.18 Å². The van der Waals surface area contributed by atoms with Gasteiger partial charge in [0, 0.05) is 13.0 Å². The maximum atomic E-state index is 13.3. The predicted octanol–water partition coefficient (Wildman–Crippen LogP) is 2.43. The van der Waals surface area contributed by atoms with E-state index in [9.17, 15) is 18.0 Å². The Bertz CT molecular complexity index is 491. The Labute approximate surface area is 114 Å². The smallest absolute Gasteiger partial charge is 0.409 e. The molecule has 1 saturated heterocycles. The summed E-state index contributed by atoms with van der Waals surface area (Å²) in [5.74, 6) is -0.0232. The van der Waals surface area contributed by atoms with Crippen molar-refractivity contribution in [2.24, 2.45) is 0 Å². The molecule has 0 radical (unpaired) electrons. The fourth-order valence-electron chi connectivity index (χ4n) is 2.17. The molecule has 1 N–H and O–H groups in total. The SMILES string of the molecule is CCOc1cccc(C(N2CCC(=O)N2)C(F)(F)F)c1. The normalized spacial score (nSPS) is 17.9. The molecule has 1 heterocycles. The Morgan fingerprint density at radius 2 is 2.20 bits per heavy atom. The summed E-state index contributed by atoms with van der Waals surface area (Å²) >= 11 is 0. The second-order valence-electron chi connectivity index (χ2n) is 4.43. The van der Waals surface area contributed by atoms with Gasteiger partial charge in [-0.25, -0.2) is 5.01 Å². The zero-order valence-electron chi connectivity index (χ0n) is 10.9. The first-order chi connectivity index (χ1) is 9.41. The minimum atomic E-state index is -4.48. The van der Waals surface area contributed by atoms with Crippen molar-refractivity contribution in [3.8, 4) is 5.75 Å². The second-order valence-corrected chi connectivity index (χ2v) is 4.43. The van der Waals surface area contributed by atoms with Crippen LogP contribution in [0.15, 0.2) is 24.3 Å². The topological polar surface area (TPSA) is 41.6 Å². The molecule has 1 aromatic carbocycles. The molecular weight excluding hydrogens is 273 g/mol. The van der Waals surface area contributed by atoms with Crippen molar-refractivity contribution in [3.63, 3.8) is 0 Å². The number of carbonyl (C=O) groups is 1. The van der Waals surface area contributed by atoms with Crippen LogP contribution in [0.2, 0.25) is 0 Å². The summed E-state index contributed by atoms with van der Waals surface area (Å²) < 4.78 is 45.0. The zero-order valence-corrected chi connectivity index (χ0v) is 10.9. The van der Waals surface area contributed by atoms with Gasteiger partial charge in [-0.05, 0) is 24.6 Å². The summed E-state index contributed by atoms with van der Waals surface area (Å²) in [5, 5.41) is 0.924. The lowest BCUT2D eigenvalue weighted by Crippen LogP contribution is -2.43. The number of ether oxygens (including phenoxy) is 1. The lowest BCUT2D eigenvalue weighted by molar-refractivity contribution is -0.191. The predicted molar refractivity (Wildman–Crippen MR) is 65.9 cm³/mol. The molecule has 20 heavy (non-hydrogen) atoms. The molecule has 7 heteroatoms. The zero-order chi connectivity index (χ0) is 14.8. The maximum Gasteiger partial charge on any atom is 0.409 e. The molecule has 0 saturated carbocycles. The van der Waals surface area contributed by atoms with Crippen molar-refractivity contribution in [2.45, 2.75) is 25.6 Å². The summed E-state index contributed by atoms with van der Waals surface area (Å²) in [6.07, 6.45) is -4.42. The Kier molecular flexibility index (Phi) is 4.17. The number of alkyl halides is 3. The van der Waals surface area contributed by atoms with E-state index in [2.05, 4.69) is 5.43 Å². The number of hydrogen-bond acceptors (Lipinski definition) is 3. The Morgan fingerprint density at radius 3 is 2.75 bits per heavy atom. The molecule has 1 aromatic rings. The Hall–Kier alpha value is -1.76. The van der Waals surface area contributed by atoms with Gasteiger partial charge in [0.05, 0.1) is 6.61 Å². The first-order valence-electron chi connectivity index (χ1n) is 6.27. The first-order valence-corrected chi connectivity index (χ1v) is 6.27. The fraction of sp³-hybridized carbons (Fsp3) is 0.462. The van der Waals surface area contributed by atoms with Gasteiger partial charge in [-0.3, -0.25) is 10.2 Å². The van der Waals surface area contributed by atoms with E-state index in [4.69, 9.17) is 4.74 Å². The van der Waals surface area contributed by atoms with Gasteiger partial charge in [0.15, 0.2) is 0 Å². The van der Waals surface area contributed by atoms with Crippen LogP contribution in [0.3, 0.4) is 0 Å². The molecule has 0 bridgehead atoms. The van der Waals surface area contributed by atoms with E-state index in [1.165, 1.54) is 18.2 Å². The highest BCUT2D eigenvalue weighted by Gasteiger charge is 2.46. The van der Waals surface area contributed by atoms with E-state index in [0.29, 0.717) is 12.4 Å². The van der Waals surface area contributed by atoms with Gasteiger partial charge in [0.1, 0.15) is 11.8 Å². The van der Waals surface area contributed by atoms with Crippen LogP contribution in [-0.4, -0.2) is 30.2 Å². The van der Waals surface area contributed by atoms with Crippen LogP contribution in [0.25, 0.3) is 0 Å². The molecule has 0 aliphatic carbocycles. The molecule has 4 nitrogen and oxygen atoms in total. The molecule has 0 spiro atoms. The molecule has 0 aromatic heterocycles. The number of rotatable bonds is 4. The number of carbonyl (C=O) groups excluding carboxylic acids is 1. The molecule has 1 amide bonds. The van der Waals surface area contributed by atoms with E-state index in [1.54, 1.807) is 13.0 Å². The third-order valence-corrected chi connectivity index (χ3v) is 2.95. The number of hydrazine groups is 1. The van der Waals surface area contributed by atoms with Gasteiger partial charge in [-0.1, -0.05) is 12.1 Å². The van der Waals surface area contributed by atoms with Crippen LogP contribution < -0.4 is 10.2 Å². The Morgan fingerprint density at radius 1 is 1.45 bits per heavy atom. The van der Waals surface area contributed by atoms with Crippen molar-refractivity contribution >= 4 is 5.91 Å². The number of benzene rings is 1. The largest absolute Gasteiger partial charge is 0.494 e. The van der Waals surface area contributed by atoms with E-state index < -0.39 is 18.1 Å². The average Bonchev–Trinajstić information content (AvgIpc) is 2.75. The van der Waals surface area contributed by atoms with Crippen LogP contribution in [0.4, 0.5) is 13.2 Å². The minimum absolute atomic E-state index is 0.0296. The highest BCUT2D eigenvalue weighted by Crippen LogP contribution is 2.38. The van der Waals surface area contributed by atoms with Crippen molar-refractivity contribution in [2.75, 3.05) is 13.2 Å². The third-order valence-electron chi connectivity index (χ3n) is 2.95. The fourth-order valence-corrected chi connectivity index (χ4v) is 2.17. The van der Waals surface area contributed by atoms with Crippen molar-refractivity contribution in [1.82, 2.24) is 10.4 Å². The average molecular weight is 288 g/mol. The molecule has 110 valence electrons. The van der Waals surface area contributed by atoms with Gasteiger partial charge in [0.25, 0.3) is 0 Å².